The number of urea groups is 1. The van der Waals surface area contributed by atoms with Gasteiger partial charge in [0.25, 0.3) is 0 Å². The van der Waals surface area contributed by atoms with E-state index in [-0.39, 0.29) is 6.03 Å². The van der Waals surface area contributed by atoms with Crippen molar-refractivity contribution < 1.29 is 19.0 Å². The van der Waals surface area contributed by atoms with E-state index in [2.05, 4.69) is 26.8 Å². The maximum absolute atomic E-state index is 12.1. The Balaban J connectivity index is 1.36. The van der Waals surface area contributed by atoms with E-state index in [0.717, 1.165) is 67.9 Å². The number of amides is 2. The topological polar surface area (TPSA) is 97.6 Å². The Hall–Kier alpha value is -3.43. The standard InChI is InChI=1S/C34H46ClN5O4/c1-6-14-37-33(41)39-27(19-24(2)35)10-9-25(3)38-29-11-15-36-30-21-32(31(42-5)20-28(29)30)44-18-7-8-26(4)40-16-12-34(13-17-40)22-43-23-34/h11,15,19-21H,4,6-10,12-14,16-18,22-23H2,1-3,5H3,(H,37,41). The summed E-state index contributed by atoms with van der Waals surface area (Å²) < 4.78 is 17.3. The van der Waals surface area contributed by atoms with Gasteiger partial charge in [0.1, 0.15) is 0 Å². The van der Waals surface area contributed by atoms with Gasteiger partial charge in [-0.05, 0) is 77.0 Å². The highest BCUT2D eigenvalue weighted by Crippen LogP contribution is 2.39. The fourth-order valence-corrected chi connectivity index (χ4v) is 5.59. The number of piperidine rings is 1. The normalized spacial score (nSPS) is 17.0. The number of aliphatic imine (C=N–C) groups is 2. The zero-order valence-electron chi connectivity index (χ0n) is 26.6. The summed E-state index contributed by atoms with van der Waals surface area (Å²) in [4.78, 5) is 28.2. The predicted molar refractivity (Wildman–Crippen MR) is 179 cm³/mol. The maximum Gasteiger partial charge on any atom is 0.341 e. The van der Waals surface area contributed by atoms with Crippen LogP contribution in [0.1, 0.15) is 65.7 Å². The van der Waals surface area contributed by atoms with Crippen LogP contribution in [-0.4, -0.2) is 73.9 Å². The molecule has 0 aliphatic carbocycles. The Morgan fingerprint density at radius 2 is 1.98 bits per heavy atom. The SMILES string of the molecule is C=C(CCCOc1cc2nccc(N=C(C)CCC(C=C(C)Cl)=NC(=O)NCCC)c2cc1OC)N1CCC2(CC1)COC2. The maximum atomic E-state index is 12.1. The number of methoxy groups -OCH3 is 1. The first-order valence-electron chi connectivity index (χ1n) is 15.6. The van der Waals surface area contributed by atoms with Gasteiger partial charge in [0.15, 0.2) is 11.5 Å². The summed E-state index contributed by atoms with van der Waals surface area (Å²) in [5, 5.41) is 4.21. The van der Waals surface area contributed by atoms with Gasteiger partial charge in [0.2, 0.25) is 0 Å². The highest BCUT2D eigenvalue weighted by Gasteiger charge is 2.41. The van der Waals surface area contributed by atoms with Gasteiger partial charge in [-0.1, -0.05) is 25.1 Å². The van der Waals surface area contributed by atoms with E-state index in [1.165, 1.54) is 18.5 Å². The summed E-state index contributed by atoms with van der Waals surface area (Å²) >= 11 is 6.09. The minimum atomic E-state index is -0.361. The molecule has 1 aromatic heterocycles. The summed E-state index contributed by atoms with van der Waals surface area (Å²) in [5.74, 6) is 1.30. The number of pyridine rings is 1. The van der Waals surface area contributed by atoms with E-state index in [1.807, 2.05) is 32.0 Å². The number of hydrogen-bond acceptors (Lipinski definition) is 7. The number of nitrogens with one attached hydrogen (secondary N) is 1. The van der Waals surface area contributed by atoms with Crippen molar-refractivity contribution in [2.24, 2.45) is 15.4 Å². The van der Waals surface area contributed by atoms with Gasteiger partial charge in [-0.25, -0.2) is 4.79 Å². The van der Waals surface area contributed by atoms with Crippen molar-refractivity contribution in [3.63, 3.8) is 0 Å². The second kappa shape index (κ2) is 16.0. The van der Waals surface area contributed by atoms with Crippen molar-refractivity contribution in [2.75, 3.05) is 46.6 Å². The molecule has 3 heterocycles. The average molecular weight is 624 g/mol. The number of fused-ring (bicyclic) bond motifs is 1. The Kier molecular flexibility index (Phi) is 12.2. The number of aromatic nitrogens is 1. The molecule has 9 nitrogen and oxygen atoms in total. The van der Waals surface area contributed by atoms with E-state index in [0.29, 0.717) is 53.7 Å². The van der Waals surface area contributed by atoms with E-state index in [1.54, 1.807) is 26.3 Å². The van der Waals surface area contributed by atoms with Crippen LogP contribution in [0.2, 0.25) is 0 Å². The molecular weight excluding hydrogens is 578 g/mol. The molecule has 1 N–H and O–H groups in total. The zero-order chi connectivity index (χ0) is 31.5. The first kappa shape index (κ1) is 33.5. The van der Waals surface area contributed by atoms with E-state index in [9.17, 15) is 4.79 Å². The van der Waals surface area contributed by atoms with Gasteiger partial charge < -0.3 is 24.4 Å². The molecule has 1 aromatic carbocycles. The lowest BCUT2D eigenvalue weighted by Gasteiger charge is -2.48. The number of hydrogen-bond donors (Lipinski definition) is 1. The smallest absolute Gasteiger partial charge is 0.341 e. The molecule has 2 aromatic rings. The van der Waals surface area contributed by atoms with Crippen molar-refractivity contribution in [1.82, 2.24) is 15.2 Å². The molecule has 10 heteroatoms. The molecule has 4 rings (SSSR count). The fourth-order valence-electron chi connectivity index (χ4n) is 5.46. The molecule has 0 atom stereocenters. The van der Waals surface area contributed by atoms with E-state index in [4.69, 9.17) is 30.8 Å². The van der Waals surface area contributed by atoms with Gasteiger partial charge in [-0.15, -0.1) is 0 Å². The first-order chi connectivity index (χ1) is 21.2. The Bertz CT molecular complexity index is 1400. The molecule has 238 valence electrons. The van der Waals surface area contributed by atoms with Crippen molar-refractivity contribution in [3.8, 4) is 11.5 Å². The monoisotopic (exact) mass is 623 g/mol. The number of carbonyl (C=O) groups excluding carboxylic acids is 1. The van der Waals surface area contributed by atoms with E-state index >= 15 is 0 Å². The molecule has 2 saturated heterocycles. The number of ether oxygens (including phenoxy) is 3. The van der Waals surface area contributed by atoms with Gasteiger partial charge in [0, 0.05) is 64.9 Å². The quantitative estimate of drug-likeness (QED) is 0.172. The number of nitrogens with zero attached hydrogens (tertiary/aromatic N) is 4. The van der Waals surface area contributed by atoms with Crippen LogP contribution in [0.25, 0.3) is 10.9 Å². The molecule has 2 aliphatic rings. The summed E-state index contributed by atoms with van der Waals surface area (Å²) in [5.41, 5.74) is 4.67. The third kappa shape index (κ3) is 9.29. The molecule has 0 saturated carbocycles. The minimum absolute atomic E-state index is 0.361. The van der Waals surface area contributed by atoms with Crippen LogP contribution in [0.4, 0.5) is 10.5 Å². The third-order valence-corrected chi connectivity index (χ3v) is 8.26. The molecule has 0 unspecified atom stereocenters. The Morgan fingerprint density at radius 1 is 1.20 bits per heavy atom. The van der Waals surface area contributed by atoms with Crippen LogP contribution in [0, 0.1) is 5.41 Å². The molecule has 0 radical (unpaired) electrons. The predicted octanol–water partition coefficient (Wildman–Crippen LogP) is 7.60. The second-order valence-electron chi connectivity index (χ2n) is 11.8. The van der Waals surface area contributed by atoms with Crippen LogP contribution in [-0.2, 0) is 4.74 Å². The second-order valence-corrected chi connectivity index (χ2v) is 12.4. The van der Waals surface area contributed by atoms with Gasteiger partial charge in [-0.3, -0.25) is 9.98 Å². The summed E-state index contributed by atoms with van der Waals surface area (Å²) in [6.07, 6.45) is 9.59. The van der Waals surface area contributed by atoms with Crippen LogP contribution < -0.4 is 14.8 Å². The number of carbonyl (C=O) groups is 1. The van der Waals surface area contributed by atoms with Crippen molar-refractivity contribution in [2.45, 2.75) is 65.7 Å². The lowest BCUT2D eigenvalue weighted by atomic mass is 9.76. The first-order valence-corrected chi connectivity index (χ1v) is 15.9. The van der Waals surface area contributed by atoms with Crippen molar-refractivity contribution in [3.05, 3.63) is 47.8 Å². The number of allylic oxidation sites excluding steroid dienone is 3. The van der Waals surface area contributed by atoms with Gasteiger partial charge >= 0.3 is 6.03 Å². The molecule has 2 amide bonds. The Morgan fingerprint density at radius 3 is 2.64 bits per heavy atom. The lowest BCUT2D eigenvalue weighted by molar-refractivity contribution is -0.137. The molecular formula is C34H46ClN5O4. The average Bonchev–Trinajstić information content (AvgIpc) is 2.99. The van der Waals surface area contributed by atoms with Crippen LogP contribution in [0.3, 0.4) is 0 Å². The van der Waals surface area contributed by atoms with Gasteiger partial charge in [0.05, 0.1) is 38.1 Å². The molecule has 2 aliphatic heterocycles. The van der Waals surface area contributed by atoms with Gasteiger partial charge in [-0.2, -0.15) is 4.99 Å². The minimum Gasteiger partial charge on any atom is -0.493 e. The molecule has 0 bridgehead atoms. The molecule has 44 heavy (non-hydrogen) atoms. The van der Waals surface area contributed by atoms with Crippen LogP contribution in [0.15, 0.2) is 57.8 Å². The lowest BCUT2D eigenvalue weighted by Crippen LogP contribution is -2.50. The van der Waals surface area contributed by atoms with Crippen molar-refractivity contribution >= 4 is 45.6 Å². The van der Waals surface area contributed by atoms with Crippen molar-refractivity contribution in [1.29, 1.82) is 0 Å². The van der Waals surface area contributed by atoms with Crippen LogP contribution in [0.5, 0.6) is 11.5 Å². The van der Waals surface area contributed by atoms with Crippen LogP contribution >= 0.6 is 11.6 Å². The number of likely N-dealkylation sites (tertiary alicyclic amines) is 1. The summed E-state index contributed by atoms with van der Waals surface area (Å²) in [6.45, 7) is 15.2. The highest BCUT2D eigenvalue weighted by atomic mass is 35.5. The fraction of sp³-hybridized carbons (Fsp3) is 0.529. The van der Waals surface area contributed by atoms with E-state index < -0.39 is 0 Å². The number of rotatable bonds is 14. The Labute approximate surface area is 266 Å². The zero-order valence-corrected chi connectivity index (χ0v) is 27.3. The number of benzene rings is 1. The molecule has 2 fully saturated rings. The number of halogens is 1. The highest BCUT2D eigenvalue weighted by molar-refractivity contribution is 6.31. The molecule has 1 spiro atoms. The summed E-state index contributed by atoms with van der Waals surface area (Å²) in [7, 11) is 1.64. The third-order valence-electron chi connectivity index (χ3n) is 8.15. The largest absolute Gasteiger partial charge is 0.493 e. The summed E-state index contributed by atoms with van der Waals surface area (Å²) in [6, 6.07) is 5.37.